The van der Waals surface area contributed by atoms with Crippen LogP contribution in [0, 0.1) is 0 Å². The Labute approximate surface area is 96.2 Å². The third-order valence-corrected chi connectivity index (χ3v) is 3.06. The zero-order valence-corrected chi connectivity index (χ0v) is 9.86. The maximum absolute atomic E-state index is 11.7. The van der Waals surface area contributed by atoms with Gasteiger partial charge in [0.15, 0.2) is 0 Å². The third-order valence-electron chi connectivity index (χ3n) is 3.06. The molecule has 1 aromatic carbocycles. The molecule has 0 heterocycles. The van der Waals surface area contributed by atoms with E-state index in [0.29, 0.717) is 0 Å². The average Bonchev–Trinajstić information content (AvgIpc) is 2.96. The Morgan fingerprint density at radius 3 is 2.31 bits per heavy atom. The van der Waals surface area contributed by atoms with E-state index in [0.717, 1.165) is 24.8 Å². The standard InChI is InChI=1S/C13H18N2O/c1-15(2)12(16)11-5-3-10(4-6-11)9-13(14)7-8-13/h3-6H,7-9,14H2,1-2H3. The van der Waals surface area contributed by atoms with E-state index < -0.39 is 0 Å². The Balaban J connectivity index is 2.07. The van der Waals surface area contributed by atoms with E-state index >= 15 is 0 Å². The van der Waals surface area contributed by atoms with Gasteiger partial charge in [0.2, 0.25) is 0 Å². The van der Waals surface area contributed by atoms with Gasteiger partial charge in [-0.25, -0.2) is 0 Å². The molecule has 1 fully saturated rings. The van der Waals surface area contributed by atoms with Crippen molar-refractivity contribution in [2.45, 2.75) is 24.8 Å². The molecule has 0 bridgehead atoms. The fraction of sp³-hybridized carbons (Fsp3) is 0.462. The number of amides is 1. The molecule has 0 aliphatic heterocycles. The number of hydrogen-bond donors (Lipinski definition) is 1. The first-order chi connectivity index (χ1) is 7.50. The number of rotatable bonds is 3. The summed E-state index contributed by atoms with van der Waals surface area (Å²) < 4.78 is 0. The molecule has 1 aliphatic rings. The van der Waals surface area contributed by atoms with Gasteiger partial charge in [-0.1, -0.05) is 12.1 Å². The molecule has 1 amide bonds. The van der Waals surface area contributed by atoms with Crippen molar-refractivity contribution in [3.8, 4) is 0 Å². The predicted octanol–water partition coefficient (Wildman–Crippen LogP) is 1.42. The molecular formula is C13H18N2O. The Hall–Kier alpha value is -1.35. The van der Waals surface area contributed by atoms with Crippen LogP contribution in [0.15, 0.2) is 24.3 Å². The topological polar surface area (TPSA) is 46.3 Å². The van der Waals surface area contributed by atoms with Crippen molar-refractivity contribution in [3.05, 3.63) is 35.4 Å². The molecule has 0 unspecified atom stereocenters. The SMILES string of the molecule is CN(C)C(=O)c1ccc(CC2(N)CC2)cc1. The summed E-state index contributed by atoms with van der Waals surface area (Å²) in [6, 6.07) is 7.76. The highest BCUT2D eigenvalue weighted by Crippen LogP contribution is 2.35. The maximum Gasteiger partial charge on any atom is 0.253 e. The smallest absolute Gasteiger partial charge is 0.253 e. The zero-order valence-electron chi connectivity index (χ0n) is 9.86. The van der Waals surface area contributed by atoms with Gasteiger partial charge in [-0.15, -0.1) is 0 Å². The molecule has 3 heteroatoms. The van der Waals surface area contributed by atoms with E-state index in [2.05, 4.69) is 0 Å². The minimum atomic E-state index is 0.0348. The molecule has 1 aliphatic carbocycles. The van der Waals surface area contributed by atoms with E-state index in [-0.39, 0.29) is 11.4 Å². The zero-order chi connectivity index (χ0) is 11.8. The van der Waals surface area contributed by atoms with Crippen LogP contribution in [0.4, 0.5) is 0 Å². The van der Waals surface area contributed by atoms with Crippen molar-refractivity contribution < 1.29 is 4.79 Å². The Morgan fingerprint density at radius 2 is 1.88 bits per heavy atom. The molecule has 0 saturated heterocycles. The van der Waals surface area contributed by atoms with Crippen LogP contribution in [0.1, 0.15) is 28.8 Å². The molecule has 1 aromatic rings. The summed E-state index contributed by atoms with van der Waals surface area (Å²) in [5.41, 5.74) is 8.03. The summed E-state index contributed by atoms with van der Waals surface area (Å²) in [6.07, 6.45) is 3.15. The Kier molecular flexibility index (Phi) is 2.72. The van der Waals surface area contributed by atoms with Crippen LogP contribution >= 0.6 is 0 Å². The molecule has 0 atom stereocenters. The normalized spacial score (nSPS) is 16.9. The summed E-state index contributed by atoms with van der Waals surface area (Å²) in [7, 11) is 3.52. The van der Waals surface area contributed by atoms with Gasteiger partial charge in [-0.3, -0.25) is 4.79 Å². The summed E-state index contributed by atoms with van der Waals surface area (Å²) in [6.45, 7) is 0. The molecular weight excluding hydrogens is 200 g/mol. The highest BCUT2D eigenvalue weighted by molar-refractivity contribution is 5.93. The van der Waals surface area contributed by atoms with Crippen LogP contribution in [-0.4, -0.2) is 30.4 Å². The van der Waals surface area contributed by atoms with Gasteiger partial charge in [-0.05, 0) is 37.0 Å². The van der Waals surface area contributed by atoms with Gasteiger partial charge in [0.25, 0.3) is 5.91 Å². The van der Waals surface area contributed by atoms with Crippen molar-refractivity contribution in [1.82, 2.24) is 4.90 Å². The lowest BCUT2D eigenvalue weighted by Crippen LogP contribution is -2.24. The first kappa shape index (κ1) is 11.1. The van der Waals surface area contributed by atoms with Gasteiger partial charge in [0.1, 0.15) is 0 Å². The van der Waals surface area contributed by atoms with Crippen LogP contribution in [0.25, 0.3) is 0 Å². The minimum Gasteiger partial charge on any atom is -0.345 e. The second-order valence-corrected chi connectivity index (χ2v) is 4.94. The number of benzene rings is 1. The highest BCUT2D eigenvalue weighted by atomic mass is 16.2. The summed E-state index contributed by atoms with van der Waals surface area (Å²) in [5.74, 6) is 0.0421. The lowest BCUT2D eigenvalue weighted by Gasteiger charge is -2.12. The summed E-state index contributed by atoms with van der Waals surface area (Å²) in [5, 5.41) is 0. The second-order valence-electron chi connectivity index (χ2n) is 4.94. The van der Waals surface area contributed by atoms with E-state index in [1.165, 1.54) is 5.56 Å². The number of nitrogens with two attached hydrogens (primary N) is 1. The van der Waals surface area contributed by atoms with Crippen molar-refractivity contribution in [2.75, 3.05) is 14.1 Å². The van der Waals surface area contributed by atoms with Crippen LogP contribution in [0.5, 0.6) is 0 Å². The lowest BCUT2D eigenvalue weighted by atomic mass is 10.0. The van der Waals surface area contributed by atoms with Gasteiger partial charge in [0.05, 0.1) is 0 Å². The number of carbonyl (C=O) groups excluding carboxylic acids is 1. The van der Waals surface area contributed by atoms with Crippen molar-refractivity contribution in [1.29, 1.82) is 0 Å². The molecule has 0 spiro atoms. The van der Waals surface area contributed by atoms with E-state index in [4.69, 9.17) is 5.73 Å². The largest absolute Gasteiger partial charge is 0.345 e. The fourth-order valence-electron chi connectivity index (χ4n) is 1.77. The van der Waals surface area contributed by atoms with E-state index in [9.17, 15) is 4.79 Å². The van der Waals surface area contributed by atoms with Gasteiger partial charge in [-0.2, -0.15) is 0 Å². The molecule has 86 valence electrons. The van der Waals surface area contributed by atoms with Crippen LogP contribution in [0.3, 0.4) is 0 Å². The van der Waals surface area contributed by atoms with Crippen molar-refractivity contribution in [3.63, 3.8) is 0 Å². The maximum atomic E-state index is 11.7. The number of nitrogens with zero attached hydrogens (tertiary/aromatic N) is 1. The number of hydrogen-bond acceptors (Lipinski definition) is 2. The van der Waals surface area contributed by atoms with Gasteiger partial charge in [0, 0.05) is 25.2 Å². The molecule has 2 N–H and O–H groups in total. The molecule has 2 rings (SSSR count). The molecule has 0 radical (unpaired) electrons. The third kappa shape index (κ3) is 2.42. The quantitative estimate of drug-likeness (QED) is 0.834. The Morgan fingerprint density at radius 1 is 1.31 bits per heavy atom. The minimum absolute atomic E-state index is 0.0348. The first-order valence-corrected chi connectivity index (χ1v) is 5.60. The van der Waals surface area contributed by atoms with Crippen molar-refractivity contribution >= 4 is 5.91 Å². The average molecular weight is 218 g/mol. The van der Waals surface area contributed by atoms with Crippen LogP contribution in [-0.2, 0) is 6.42 Å². The van der Waals surface area contributed by atoms with E-state index in [1.807, 2.05) is 24.3 Å². The van der Waals surface area contributed by atoms with Gasteiger partial charge >= 0.3 is 0 Å². The Bertz CT molecular complexity index is 391. The second kappa shape index (κ2) is 3.91. The summed E-state index contributed by atoms with van der Waals surface area (Å²) >= 11 is 0. The summed E-state index contributed by atoms with van der Waals surface area (Å²) in [4.78, 5) is 13.2. The molecule has 16 heavy (non-hydrogen) atoms. The fourth-order valence-corrected chi connectivity index (χ4v) is 1.77. The highest BCUT2D eigenvalue weighted by Gasteiger charge is 2.37. The molecule has 1 saturated carbocycles. The molecule has 0 aromatic heterocycles. The van der Waals surface area contributed by atoms with E-state index in [1.54, 1.807) is 19.0 Å². The van der Waals surface area contributed by atoms with Crippen LogP contribution < -0.4 is 5.73 Å². The monoisotopic (exact) mass is 218 g/mol. The van der Waals surface area contributed by atoms with Gasteiger partial charge < -0.3 is 10.6 Å². The van der Waals surface area contributed by atoms with Crippen LogP contribution in [0.2, 0.25) is 0 Å². The molecule has 3 nitrogen and oxygen atoms in total. The first-order valence-electron chi connectivity index (χ1n) is 5.60. The predicted molar refractivity (Wildman–Crippen MR) is 64.3 cm³/mol. The lowest BCUT2D eigenvalue weighted by molar-refractivity contribution is 0.0827. The number of carbonyl (C=O) groups is 1. The van der Waals surface area contributed by atoms with Crippen molar-refractivity contribution in [2.24, 2.45) is 5.73 Å².